The minimum absolute atomic E-state index is 0.0262. The average Bonchev–Trinajstić information content (AvgIpc) is 2.17. The van der Waals surface area contributed by atoms with Crippen LogP contribution in [-0.4, -0.2) is 30.2 Å². The van der Waals surface area contributed by atoms with E-state index in [1.807, 2.05) is 6.92 Å². The number of hydrogen-bond donors (Lipinski definition) is 1. The molecule has 0 radical (unpaired) electrons. The Balaban J connectivity index is 3.12. The zero-order chi connectivity index (χ0) is 11.4. The van der Waals surface area contributed by atoms with Gasteiger partial charge >= 0.3 is 0 Å². The lowest BCUT2D eigenvalue weighted by molar-refractivity contribution is -0.384. The summed E-state index contributed by atoms with van der Waals surface area (Å²) in [5.41, 5.74) is 1.56. The predicted molar refractivity (Wildman–Crippen MR) is 58.2 cm³/mol. The summed E-state index contributed by atoms with van der Waals surface area (Å²) in [5, 5.41) is 19.5. The molecule has 1 rings (SSSR count). The van der Waals surface area contributed by atoms with Gasteiger partial charge < -0.3 is 10.0 Å². The molecular formula is C10H14N2O3. The predicted octanol–water partition coefficient (Wildman–Crippen LogP) is 1.33. The third-order valence-corrected chi connectivity index (χ3v) is 2.17. The zero-order valence-electron chi connectivity index (χ0n) is 8.80. The maximum Gasteiger partial charge on any atom is 0.292 e. The summed E-state index contributed by atoms with van der Waals surface area (Å²) in [7, 11) is 1.72. The first kappa shape index (κ1) is 11.5. The fraction of sp³-hybridized carbons (Fsp3) is 0.400. The highest BCUT2D eigenvalue weighted by Gasteiger charge is 2.16. The van der Waals surface area contributed by atoms with Gasteiger partial charge in [0.1, 0.15) is 5.69 Å². The quantitative estimate of drug-likeness (QED) is 0.601. The Morgan fingerprint density at radius 2 is 2.20 bits per heavy atom. The van der Waals surface area contributed by atoms with Gasteiger partial charge in [-0.15, -0.1) is 0 Å². The molecule has 0 saturated carbocycles. The van der Waals surface area contributed by atoms with Gasteiger partial charge in [-0.25, -0.2) is 0 Å². The Morgan fingerprint density at radius 3 is 2.73 bits per heavy atom. The molecule has 5 nitrogen and oxygen atoms in total. The summed E-state index contributed by atoms with van der Waals surface area (Å²) in [4.78, 5) is 12.0. The zero-order valence-corrected chi connectivity index (χ0v) is 8.80. The number of nitrogens with zero attached hydrogens (tertiary/aromatic N) is 2. The van der Waals surface area contributed by atoms with Gasteiger partial charge in [-0.1, -0.05) is 6.07 Å². The molecule has 0 fully saturated rings. The van der Waals surface area contributed by atoms with Crippen LogP contribution in [0.3, 0.4) is 0 Å². The normalized spacial score (nSPS) is 10.1. The monoisotopic (exact) mass is 210 g/mol. The molecular weight excluding hydrogens is 196 g/mol. The number of aliphatic hydroxyl groups is 1. The van der Waals surface area contributed by atoms with Gasteiger partial charge in [0.05, 0.1) is 11.5 Å². The number of likely N-dealkylation sites (N-methyl/N-ethyl adjacent to an activating group) is 1. The number of aryl methyl sites for hydroxylation is 1. The van der Waals surface area contributed by atoms with Gasteiger partial charge in [-0.3, -0.25) is 10.1 Å². The van der Waals surface area contributed by atoms with E-state index in [1.165, 1.54) is 6.07 Å². The van der Waals surface area contributed by atoms with Crippen molar-refractivity contribution < 1.29 is 10.0 Å². The van der Waals surface area contributed by atoms with Crippen molar-refractivity contribution in [3.05, 3.63) is 33.9 Å². The maximum atomic E-state index is 10.8. The Morgan fingerprint density at radius 1 is 1.53 bits per heavy atom. The molecule has 5 heteroatoms. The van der Waals surface area contributed by atoms with Gasteiger partial charge in [-0.2, -0.15) is 0 Å². The van der Waals surface area contributed by atoms with Crippen LogP contribution in [0.2, 0.25) is 0 Å². The Hall–Kier alpha value is -1.62. The Labute approximate surface area is 88.1 Å². The van der Waals surface area contributed by atoms with E-state index in [4.69, 9.17) is 5.11 Å². The van der Waals surface area contributed by atoms with Crippen LogP contribution in [0.15, 0.2) is 18.2 Å². The fourth-order valence-corrected chi connectivity index (χ4v) is 1.36. The van der Waals surface area contributed by atoms with Crippen LogP contribution in [-0.2, 0) is 0 Å². The second-order valence-electron chi connectivity index (χ2n) is 3.39. The summed E-state index contributed by atoms with van der Waals surface area (Å²) in [6, 6.07) is 4.93. The molecule has 0 heterocycles. The van der Waals surface area contributed by atoms with Crippen LogP contribution in [0.1, 0.15) is 5.56 Å². The molecule has 0 aliphatic carbocycles. The molecule has 0 spiro atoms. The molecule has 1 aromatic carbocycles. The highest BCUT2D eigenvalue weighted by atomic mass is 16.6. The number of rotatable bonds is 4. The molecule has 0 aromatic heterocycles. The first-order valence-electron chi connectivity index (χ1n) is 4.63. The van der Waals surface area contributed by atoms with Crippen LogP contribution in [0.4, 0.5) is 11.4 Å². The van der Waals surface area contributed by atoms with E-state index in [1.54, 1.807) is 24.1 Å². The van der Waals surface area contributed by atoms with Crippen LogP contribution < -0.4 is 4.90 Å². The van der Waals surface area contributed by atoms with E-state index in [0.29, 0.717) is 12.2 Å². The smallest absolute Gasteiger partial charge is 0.292 e. The molecule has 0 saturated heterocycles. The van der Waals surface area contributed by atoms with E-state index in [-0.39, 0.29) is 12.3 Å². The fourth-order valence-electron chi connectivity index (χ4n) is 1.36. The van der Waals surface area contributed by atoms with Crippen molar-refractivity contribution in [3.63, 3.8) is 0 Å². The molecule has 0 aliphatic heterocycles. The van der Waals surface area contributed by atoms with Gasteiger partial charge in [0.2, 0.25) is 0 Å². The number of anilines is 1. The lowest BCUT2D eigenvalue weighted by Crippen LogP contribution is -2.22. The molecule has 15 heavy (non-hydrogen) atoms. The van der Waals surface area contributed by atoms with Gasteiger partial charge in [0.15, 0.2) is 0 Å². The van der Waals surface area contributed by atoms with Crippen molar-refractivity contribution >= 4 is 11.4 Å². The van der Waals surface area contributed by atoms with Crippen LogP contribution in [0.25, 0.3) is 0 Å². The van der Waals surface area contributed by atoms with Crippen LogP contribution in [0.5, 0.6) is 0 Å². The van der Waals surface area contributed by atoms with E-state index in [0.717, 1.165) is 5.56 Å². The van der Waals surface area contributed by atoms with E-state index < -0.39 is 4.92 Å². The molecule has 0 unspecified atom stereocenters. The van der Waals surface area contributed by atoms with Crippen LogP contribution in [0, 0.1) is 17.0 Å². The van der Waals surface area contributed by atoms with Gasteiger partial charge in [0.25, 0.3) is 5.69 Å². The second kappa shape index (κ2) is 4.75. The molecule has 82 valence electrons. The lowest BCUT2D eigenvalue weighted by Gasteiger charge is -2.18. The highest BCUT2D eigenvalue weighted by molar-refractivity contribution is 5.64. The van der Waals surface area contributed by atoms with E-state index in [9.17, 15) is 10.1 Å². The average molecular weight is 210 g/mol. The molecule has 1 N–H and O–H groups in total. The van der Waals surface area contributed by atoms with Crippen molar-refractivity contribution in [1.29, 1.82) is 0 Å². The van der Waals surface area contributed by atoms with Crippen molar-refractivity contribution in [3.8, 4) is 0 Å². The summed E-state index contributed by atoms with van der Waals surface area (Å²) in [5.74, 6) is 0. The van der Waals surface area contributed by atoms with Crippen molar-refractivity contribution in [2.24, 2.45) is 0 Å². The lowest BCUT2D eigenvalue weighted by atomic mass is 10.2. The standard InChI is InChI=1S/C10H14N2O3/c1-8-3-4-9(12(14)15)10(7-8)11(2)5-6-13/h3-4,7,13H,5-6H2,1-2H3. The second-order valence-corrected chi connectivity index (χ2v) is 3.39. The molecule has 0 atom stereocenters. The number of hydrogen-bond acceptors (Lipinski definition) is 4. The summed E-state index contributed by atoms with van der Waals surface area (Å²) in [6.07, 6.45) is 0. The van der Waals surface area contributed by atoms with Gasteiger partial charge in [0, 0.05) is 19.7 Å². The molecule has 0 bridgehead atoms. The molecule has 1 aromatic rings. The first-order valence-corrected chi connectivity index (χ1v) is 4.63. The number of nitro groups is 1. The maximum absolute atomic E-state index is 10.8. The summed E-state index contributed by atoms with van der Waals surface area (Å²) < 4.78 is 0. The van der Waals surface area contributed by atoms with E-state index in [2.05, 4.69) is 0 Å². The van der Waals surface area contributed by atoms with Crippen molar-refractivity contribution in [2.45, 2.75) is 6.92 Å². The Bertz CT molecular complexity index is 366. The molecule has 0 amide bonds. The third-order valence-electron chi connectivity index (χ3n) is 2.17. The SMILES string of the molecule is Cc1ccc([N+](=O)[O-])c(N(C)CCO)c1. The number of aliphatic hydroxyl groups excluding tert-OH is 1. The largest absolute Gasteiger partial charge is 0.395 e. The van der Waals surface area contributed by atoms with Crippen LogP contribution >= 0.6 is 0 Å². The highest BCUT2D eigenvalue weighted by Crippen LogP contribution is 2.27. The Kier molecular flexibility index (Phi) is 3.62. The van der Waals surface area contributed by atoms with E-state index >= 15 is 0 Å². The van der Waals surface area contributed by atoms with Crippen molar-refractivity contribution in [1.82, 2.24) is 0 Å². The summed E-state index contributed by atoms with van der Waals surface area (Å²) >= 11 is 0. The van der Waals surface area contributed by atoms with Gasteiger partial charge in [-0.05, 0) is 18.6 Å². The number of nitro benzene ring substituents is 1. The van der Waals surface area contributed by atoms with Crippen molar-refractivity contribution in [2.75, 3.05) is 25.1 Å². The topological polar surface area (TPSA) is 66.6 Å². The number of benzene rings is 1. The minimum atomic E-state index is -0.414. The third kappa shape index (κ3) is 2.66. The molecule has 0 aliphatic rings. The summed E-state index contributed by atoms with van der Waals surface area (Å²) in [6.45, 7) is 2.23. The first-order chi connectivity index (χ1) is 7.06. The minimum Gasteiger partial charge on any atom is -0.395 e.